The highest BCUT2D eigenvalue weighted by Gasteiger charge is 2.23. The predicted molar refractivity (Wildman–Crippen MR) is 67.0 cm³/mol. The van der Waals surface area contributed by atoms with Crippen LogP contribution in [0.4, 0.5) is 5.69 Å². The number of rotatable bonds is 3. The number of nitrogens with one attached hydrogen (secondary N) is 2. The molecule has 0 aliphatic heterocycles. The van der Waals surface area contributed by atoms with Gasteiger partial charge in [0.2, 0.25) is 0 Å². The van der Waals surface area contributed by atoms with Crippen LogP contribution < -0.4 is 4.72 Å². The lowest BCUT2D eigenvalue weighted by Crippen LogP contribution is -2.14. The summed E-state index contributed by atoms with van der Waals surface area (Å²) in [7, 11) is -3.76. The first-order valence-electron chi connectivity index (χ1n) is 5.24. The molecule has 0 spiro atoms. The molecule has 0 atom stereocenters. The van der Waals surface area contributed by atoms with E-state index in [1.54, 1.807) is 26.0 Å². The number of aromatic amines is 1. The molecule has 0 bridgehead atoms. The molecule has 1 heterocycles. The van der Waals surface area contributed by atoms with Gasteiger partial charge in [0.25, 0.3) is 10.0 Å². The zero-order valence-corrected chi connectivity index (χ0v) is 10.7. The lowest BCUT2D eigenvalue weighted by Gasteiger charge is -2.09. The van der Waals surface area contributed by atoms with Crippen LogP contribution in [0.1, 0.15) is 11.4 Å². The minimum Gasteiger partial charge on any atom is -0.506 e. The maximum Gasteiger partial charge on any atom is 0.265 e. The van der Waals surface area contributed by atoms with Gasteiger partial charge in [0.05, 0.1) is 17.1 Å². The summed E-state index contributed by atoms with van der Waals surface area (Å²) >= 11 is 0. The first-order chi connectivity index (χ1) is 8.42. The number of aryl methyl sites for hydroxylation is 2. The first kappa shape index (κ1) is 12.4. The van der Waals surface area contributed by atoms with Crippen molar-refractivity contribution in [1.82, 2.24) is 10.2 Å². The molecule has 18 heavy (non-hydrogen) atoms. The second kappa shape index (κ2) is 4.34. The topological polar surface area (TPSA) is 95.1 Å². The van der Waals surface area contributed by atoms with Gasteiger partial charge >= 0.3 is 0 Å². The molecule has 2 aromatic rings. The minimum absolute atomic E-state index is 0.103. The van der Waals surface area contributed by atoms with E-state index < -0.39 is 10.0 Å². The van der Waals surface area contributed by atoms with Crippen molar-refractivity contribution in [1.29, 1.82) is 0 Å². The number of sulfonamides is 1. The molecule has 96 valence electrons. The van der Waals surface area contributed by atoms with Gasteiger partial charge in [-0.05, 0) is 26.0 Å². The molecular formula is C11H13N3O3S. The Morgan fingerprint density at radius 1 is 1.28 bits per heavy atom. The van der Waals surface area contributed by atoms with Crippen molar-refractivity contribution < 1.29 is 13.5 Å². The number of H-pyrrole nitrogens is 1. The van der Waals surface area contributed by atoms with E-state index in [0.29, 0.717) is 11.4 Å². The highest BCUT2D eigenvalue weighted by molar-refractivity contribution is 7.92. The third-order valence-corrected chi connectivity index (χ3v) is 4.11. The van der Waals surface area contributed by atoms with Crippen molar-refractivity contribution in [3.63, 3.8) is 0 Å². The molecule has 0 saturated heterocycles. The van der Waals surface area contributed by atoms with Crippen LogP contribution >= 0.6 is 0 Å². The summed E-state index contributed by atoms with van der Waals surface area (Å²) in [4.78, 5) is 0.103. The molecule has 1 aromatic carbocycles. The summed E-state index contributed by atoms with van der Waals surface area (Å²) < 4.78 is 26.7. The fraction of sp³-hybridized carbons (Fsp3) is 0.182. The summed E-state index contributed by atoms with van der Waals surface area (Å²) in [5.74, 6) is -0.125. The molecule has 2 rings (SSSR count). The van der Waals surface area contributed by atoms with Crippen LogP contribution in [0.5, 0.6) is 5.75 Å². The van der Waals surface area contributed by atoms with Gasteiger partial charge in [-0.25, -0.2) is 8.42 Å². The third-order valence-electron chi connectivity index (χ3n) is 2.48. The van der Waals surface area contributed by atoms with Gasteiger partial charge in [0.15, 0.2) is 0 Å². The quantitative estimate of drug-likeness (QED) is 0.735. The summed E-state index contributed by atoms with van der Waals surface area (Å²) in [6.07, 6.45) is 0. The highest BCUT2D eigenvalue weighted by atomic mass is 32.2. The standard InChI is InChI=1S/C11H13N3O3S/c1-7-11(8(2)13-12-7)18(16,17)14-9-5-3-4-6-10(9)15/h3-6,14-15H,1-2H3,(H,12,13). The number of para-hydroxylation sites is 2. The van der Waals surface area contributed by atoms with E-state index in [-0.39, 0.29) is 16.3 Å². The molecule has 0 amide bonds. The fourth-order valence-electron chi connectivity index (χ4n) is 1.69. The molecule has 0 radical (unpaired) electrons. The van der Waals surface area contributed by atoms with Gasteiger partial charge in [0.1, 0.15) is 10.6 Å². The lowest BCUT2D eigenvalue weighted by molar-refractivity contribution is 0.477. The number of aromatic nitrogens is 2. The highest BCUT2D eigenvalue weighted by Crippen LogP contribution is 2.26. The molecular weight excluding hydrogens is 254 g/mol. The van der Waals surface area contributed by atoms with Crippen molar-refractivity contribution in [3.8, 4) is 5.75 Å². The SMILES string of the molecule is Cc1n[nH]c(C)c1S(=O)(=O)Nc1ccccc1O. The minimum atomic E-state index is -3.76. The Bertz CT molecular complexity index is 657. The number of phenols is 1. The molecule has 0 aliphatic carbocycles. The Balaban J connectivity index is 2.43. The normalized spacial score (nSPS) is 11.4. The first-order valence-corrected chi connectivity index (χ1v) is 6.72. The van der Waals surface area contributed by atoms with Gasteiger partial charge in [0, 0.05) is 0 Å². The Morgan fingerprint density at radius 3 is 2.50 bits per heavy atom. The van der Waals surface area contributed by atoms with E-state index >= 15 is 0 Å². The lowest BCUT2D eigenvalue weighted by atomic mass is 10.3. The van der Waals surface area contributed by atoms with Crippen molar-refractivity contribution in [2.45, 2.75) is 18.7 Å². The number of anilines is 1. The number of nitrogens with zero attached hydrogens (tertiary/aromatic N) is 1. The second-order valence-electron chi connectivity index (χ2n) is 3.89. The Kier molecular flexibility index (Phi) is 3.00. The van der Waals surface area contributed by atoms with Gasteiger partial charge in [-0.3, -0.25) is 9.82 Å². The average molecular weight is 267 g/mol. The monoisotopic (exact) mass is 267 g/mol. The maximum absolute atomic E-state index is 12.2. The Labute approximate surface area is 105 Å². The van der Waals surface area contributed by atoms with Crippen molar-refractivity contribution in [2.75, 3.05) is 4.72 Å². The van der Waals surface area contributed by atoms with E-state index in [9.17, 15) is 13.5 Å². The number of hydrogen-bond acceptors (Lipinski definition) is 4. The van der Waals surface area contributed by atoms with E-state index in [1.165, 1.54) is 12.1 Å². The van der Waals surface area contributed by atoms with Crippen molar-refractivity contribution in [3.05, 3.63) is 35.7 Å². The van der Waals surface area contributed by atoms with Crippen LogP contribution in [0.3, 0.4) is 0 Å². The summed E-state index contributed by atoms with van der Waals surface area (Å²) in [5, 5.41) is 16.0. The molecule has 6 nitrogen and oxygen atoms in total. The van der Waals surface area contributed by atoms with Crippen molar-refractivity contribution in [2.24, 2.45) is 0 Å². The van der Waals surface area contributed by atoms with Crippen LogP contribution in [0.25, 0.3) is 0 Å². The predicted octanol–water partition coefficient (Wildman–Crippen LogP) is 1.53. The van der Waals surface area contributed by atoms with Gasteiger partial charge < -0.3 is 5.11 Å². The number of aromatic hydroxyl groups is 1. The average Bonchev–Trinajstić information content (AvgIpc) is 2.62. The van der Waals surface area contributed by atoms with E-state index in [1.807, 2.05) is 0 Å². The molecule has 7 heteroatoms. The molecule has 0 saturated carbocycles. The Morgan fingerprint density at radius 2 is 1.94 bits per heavy atom. The van der Waals surface area contributed by atoms with Gasteiger partial charge in [-0.15, -0.1) is 0 Å². The largest absolute Gasteiger partial charge is 0.506 e. The van der Waals surface area contributed by atoms with E-state index in [4.69, 9.17) is 0 Å². The summed E-state index contributed by atoms with van der Waals surface area (Å²) in [6, 6.07) is 6.14. The number of benzene rings is 1. The summed E-state index contributed by atoms with van der Waals surface area (Å²) in [5.41, 5.74) is 0.975. The summed E-state index contributed by atoms with van der Waals surface area (Å²) in [6.45, 7) is 3.22. The van der Waals surface area contributed by atoms with Crippen LogP contribution in [0, 0.1) is 13.8 Å². The third kappa shape index (κ3) is 2.17. The number of hydrogen-bond donors (Lipinski definition) is 3. The second-order valence-corrected chi connectivity index (χ2v) is 5.51. The molecule has 0 unspecified atom stereocenters. The van der Waals surface area contributed by atoms with Crippen molar-refractivity contribution >= 4 is 15.7 Å². The Hall–Kier alpha value is -2.02. The molecule has 3 N–H and O–H groups in total. The number of phenolic OH excluding ortho intramolecular Hbond substituents is 1. The zero-order valence-electron chi connectivity index (χ0n) is 9.93. The zero-order chi connectivity index (χ0) is 13.3. The van der Waals surface area contributed by atoms with Crippen LogP contribution in [0.15, 0.2) is 29.2 Å². The van der Waals surface area contributed by atoms with E-state index in [0.717, 1.165) is 0 Å². The van der Waals surface area contributed by atoms with Crippen LogP contribution in [-0.4, -0.2) is 23.7 Å². The smallest absolute Gasteiger partial charge is 0.265 e. The molecule has 0 aliphatic rings. The van der Waals surface area contributed by atoms with Crippen LogP contribution in [0.2, 0.25) is 0 Å². The maximum atomic E-state index is 12.2. The fourth-order valence-corrected chi connectivity index (χ4v) is 3.14. The molecule has 0 fully saturated rings. The van der Waals surface area contributed by atoms with Crippen LogP contribution in [-0.2, 0) is 10.0 Å². The van der Waals surface area contributed by atoms with E-state index in [2.05, 4.69) is 14.9 Å². The van der Waals surface area contributed by atoms with Gasteiger partial charge in [-0.1, -0.05) is 12.1 Å². The molecule has 1 aromatic heterocycles. The van der Waals surface area contributed by atoms with Gasteiger partial charge in [-0.2, -0.15) is 5.10 Å².